The van der Waals surface area contributed by atoms with Crippen LogP contribution in [0.1, 0.15) is 25.3 Å². The molecule has 1 heterocycles. The maximum absolute atomic E-state index is 13.6. The first-order valence-corrected chi connectivity index (χ1v) is 6.93. The van der Waals surface area contributed by atoms with Crippen LogP contribution in [0.15, 0.2) is 30.5 Å². The van der Waals surface area contributed by atoms with Gasteiger partial charge in [0.2, 0.25) is 5.95 Å². The van der Waals surface area contributed by atoms with Crippen LogP contribution in [0, 0.1) is 5.82 Å². The Hall–Kier alpha value is -2.37. The number of nitrogens with one attached hydrogen (secondary N) is 1. The molecule has 0 atom stereocenters. The van der Waals surface area contributed by atoms with Crippen LogP contribution >= 0.6 is 0 Å². The molecule has 0 bridgehead atoms. The molecule has 0 fully saturated rings. The van der Waals surface area contributed by atoms with E-state index in [2.05, 4.69) is 22.2 Å². The number of ether oxygens (including phenoxy) is 1. The molecular weight excluding hydrogens is 271 g/mol. The SMILES string of the molecule is CCCCNc1nc(N)ncc1OCc1ccccc1F. The van der Waals surface area contributed by atoms with Gasteiger partial charge >= 0.3 is 0 Å². The van der Waals surface area contributed by atoms with Gasteiger partial charge in [-0.05, 0) is 12.5 Å². The van der Waals surface area contributed by atoms with Crippen LogP contribution in [0.4, 0.5) is 16.2 Å². The van der Waals surface area contributed by atoms with E-state index in [1.165, 1.54) is 12.3 Å². The summed E-state index contributed by atoms with van der Waals surface area (Å²) >= 11 is 0. The van der Waals surface area contributed by atoms with Gasteiger partial charge in [-0.2, -0.15) is 4.98 Å². The van der Waals surface area contributed by atoms with Gasteiger partial charge in [0.15, 0.2) is 11.6 Å². The van der Waals surface area contributed by atoms with Crippen molar-refractivity contribution in [3.63, 3.8) is 0 Å². The van der Waals surface area contributed by atoms with Gasteiger partial charge in [-0.15, -0.1) is 0 Å². The maximum Gasteiger partial charge on any atom is 0.222 e. The van der Waals surface area contributed by atoms with Crippen molar-refractivity contribution in [2.24, 2.45) is 0 Å². The molecule has 21 heavy (non-hydrogen) atoms. The van der Waals surface area contributed by atoms with E-state index in [1.54, 1.807) is 18.2 Å². The molecule has 0 radical (unpaired) electrons. The van der Waals surface area contributed by atoms with E-state index >= 15 is 0 Å². The van der Waals surface area contributed by atoms with Crippen LogP contribution in [0.3, 0.4) is 0 Å². The normalized spacial score (nSPS) is 10.4. The number of hydrogen-bond acceptors (Lipinski definition) is 5. The molecule has 0 aliphatic carbocycles. The highest BCUT2D eigenvalue weighted by Crippen LogP contribution is 2.23. The van der Waals surface area contributed by atoms with Crippen LogP contribution in [0.2, 0.25) is 0 Å². The number of anilines is 2. The standard InChI is InChI=1S/C15H19FN4O/c1-2-3-8-18-14-13(9-19-15(17)20-14)21-10-11-6-4-5-7-12(11)16/h4-7,9H,2-3,8,10H2,1H3,(H3,17,18,19,20). The quantitative estimate of drug-likeness (QED) is 0.767. The lowest BCUT2D eigenvalue weighted by molar-refractivity contribution is 0.299. The van der Waals surface area contributed by atoms with Gasteiger partial charge in [0.25, 0.3) is 0 Å². The number of benzene rings is 1. The summed E-state index contributed by atoms with van der Waals surface area (Å²) in [5.41, 5.74) is 6.07. The molecule has 5 nitrogen and oxygen atoms in total. The summed E-state index contributed by atoms with van der Waals surface area (Å²) in [6.07, 6.45) is 3.58. The van der Waals surface area contributed by atoms with Gasteiger partial charge in [0.05, 0.1) is 6.20 Å². The van der Waals surface area contributed by atoms with E-state index in [1.807, 2.05) is 0 Å². The number of halogens is 1. The zero-order valence-electron chi connectivity index (χ0n) is 12.0. The number of rotatable bonds is 7. The lowest BCUT2D eigenvalue weighted by atomic mass is 10.2. The molecule has 2 aromatic rings. The van der Waals surface area contributed by atoms with Crippen molar-refractivity contribution >= 4 is 11.8 Å². The van der Waals surface area contributed by atoms with Crippen molar-refractivity contribution in [3.05, 3.63) is 41.8 Å². The number of nitrogens with two attached hydrogens (primary N) is 1. The number of nitrogens with zero attached hydrogens (tertiary/aromatic N) is 2. The number of nitrogen functional groups attached to an aromatic ring is 1. The third kappa shape index (κ3) is 4.30. The Morgan fingerprint density at radius 3 is 2.90 bits per heavy atom. The van der Waals surface area contributed by atoms with Gasteiger partial charge in [-0.3, -0.25) is 0 Å². The number of aromatic nitrogens is 2. The molecule has 1 aromatic heterocycles. The Balaban J connectivity index is 2.06. The van der Waals surface area contributed by atoms with Gasteiger partial charge in [0, 0.05) is 12.1 Å². The summed E-state index contributed by atoms with van der Waals surface area (Å²) < 4.78 is 19.2. The molecule has 2 rings (SSSR count). The Morgan fingerprint density at radius 2 is 2.14 bits per heavy atom. The summed E-state index contributed by atoms with van der Waals surface area (Å²) in [6, 6.07) is 6.49. The average molecular weight is 290 g/mol. The second-order valence-electron chi connectivity index (χ2n) is 4.60. The van der Waals surface area contributed by atoms with Gasteiger partial charge < -0.3 is 15.8 Å². The number of hydrogen-bond donors (Lipinski definition) is 2. The summed E-state index contributed by atoms with van der Waals surface area (Å²) in [5.74, 6) is 0.873. The van der Waals surface area contributed by atoms with E-state index in [0.717, 1.165) is 19.4 Å². The molecule has 6 heteroatoms. The molecule has 0 amide bonds. The molecule has 0 saturated carbocycles. The molecule has 112 valence electrons. The smallest absolute Gasteiger partial charge is 0.222 e. The summed E-state index contributed by atoms with van der Waals surface area (Å²) in [4.78, 5) is 8.03. The topological polar surface area (TPSA) is 73.1 Å². The van der Waals surface area contributed by atoms with Crippen molar-refractivity contribution < 1.29 is 9.13 Å². The first kappa shape index (κ1) is 15.0. The zero-order chi connectivity index (χ0) is 15.1. The summed E-state index contributed by atoms with van der Waals surface area (Å²) in [7, 11) is 0. The van der Waals surface area contributed by atoms with Crippen LogP contribution in [-0.2, 0) is 6.61 Å². The predicted molar refractivity (Wildman–Crippen MR) is 80.6 cm³/mol. The summed E-state index contributed by atoms with van der Waals surface area (Å²) in [5, 5.41) is 3.16. The van der Waals surface area contributed by atoms with E-state index < -0.39 is 0 Å². The highest BCUT2D eigenvalue weighted by atomic mass is 19.1. The van der Waals surface area contributed by atoms with Crippen molar-refractivity contribution in [3.8, 4) is 5.75 Å². The minimum absolute atomic E-state index is 0.114. The molecule has 3 N–H and O–H groups in total. The predicted octanol–water partition coefficient (Wildman–Crippen LogP) is 2.99. The van der Waals surface area contributed by atoms with E-state index in [-0.39, 0.29) is 18.4 Å². The van der Waals surface area contributed by atoms with Crippen molar-refractivity contribution in [2.75, 3.05) is 17.6 Å². The first-order valence-electron chi connectivity index (χ1n) is 6.93. The second kappa shape index (κ2) is 7.42. The molecule has 0 unspecified atom stereocenters. The molecular formula is C15H19FN4O. The fourth-order valence-corrected chi connectivity index (χ4v) is 1.77. The second-order valence-corrected chi connectivity index (χ2v) is 4.60. The Bertz CT molecular complexity index is 592. The van der Waals surface area contributed by atoms with Crippen LogP contribution in [0.5, 0.6) is 5.75 Å². The lowest BCUT2D eigenvalue weighted by Crippen LogP contribution is -2.09. The van der Waals surface area contributed by atoms with Crippen LogP contribution in [0.25, 0.3) is 0 Å². The zero-order valence-corrected chi connectivity index (χ0v) is 12.0. The number of unbranched alkanes of at least 4 members (excludes halogenated alkanes) is 1. The van der Waals surface area contributed by atoms with E-state index in [9.17, 15) is 4.39 Å². The van der Waals surface area contributed by atoms with Crippen LogP contribution < -0.4 is 15.8 Å². The van der Waals surface area contributed by atoms with E-state index in [4.69, 9.17) is 10.5 Å². The third-order valence-electron chi connectivity index (χ3n) is 2.94. The van der Waals surface area contributed by atoms with Gasteiger partial charge in [0.1, 0.15) is 12.4 Å². The van der Waals surface area contributed by atoms with Gasteiger partial charge in [-0.1, -0.05) is 31.5 Å². The fraction of sp³-hybridized carbons (Fsp3) is 0.333. The Kier molecular flexibility index (Phi) is 5.31. The highest BCUT2D eigenvalue weighted by molar-refractivity contribution is 5.51. The Labute approximate surface area is 123 Å². The summed E-state index contributed by atoms with van der Waals surface area (Å²) in [6.45, 7) is 2.98. The molecule has 0 aliphatic heterocycles. The maximum atomic E-state index is 13.6. The van der Waals surface area contributed by atoms with Crippen molar-refractivity contribution in [1.82, 2.24) is 9.97 Å². The minimum Gasteiger partial charge on any atom is -0.483 e. The molecule has 0 aliphatic rings. The fourth-order valence-electron chi connectivity index (χ4n) is 1.77. The first-order chi connectivity index (χ1) is 10.2. The average Bonchev–Trinajstić information content (AvgIpc) is 2.48. The van der Waals surface area contributed by atoms with Crippen molar-refractivity contribution in [1.29, 1.82) is 0 Å². The third-order valence-corrected chi connectivity index (χ3v) is 2.94. The highest BCUT2D eigenvalue weighted by Gasteiger charge is 2.08. The van der Waals surface area contributed by atoms with Crippen molar-refractivity contribution in [2.45, 2.75) is 26.4 Å². The lowest BCUT2D eigenvalue weighted by Gasteiger charge is -2.12. The molecule has 1 aromatic carbocycles. The van der Waals surface area contributed by atoms with E-state index in [0.29, 0.717) is 17.1 Å². The largest absolute Gasteiger partial charge is 0.483 e. The van der Waals surface area contributed by atoms with Crippen LogP contribution in [-0.4, -0.2) is 16.5 Å². The van der Waals surface area contributed by atoms with Gasteiger partial charge in [-0.25, -0.2) is 9.37 Å². The monoisotopic (exact) mass is 290 g/mol. The molecule has 0 saturated heterocycles. The minimum atomic E-state index is -0.297. The molecule has 0 spiro atoms. The Morgan fingerprint density at radius 1 is 1.33 bits per heavy atom.